The molecule has 1 amide bonds. The highest BCUT2D eigenvalue weighted by Crippen LogP contribution is 2.33. The van der Waals surface area contributed by atoms with Gasteiger partial charge in [0.15, 0.2) is 5.82 Å². The van der Waals surface area contributed by atoms with Gasteiger partial charge in [0.05, 0.1) is 46.5 Å². The number of fused-ring (bicyclic) bond motifs is 2. The maximum atomic E-state index is 14.6. The molecule has 0 aliphatic carbocycles. The van der Waals surface area contributed by atoms with Crippen molar-refractivity contribution in [3.8, 4) is 39.7 Å². The van der Waals surface area contributed by atoms with Crippen molar-refractivity contribution in [2.45, 2.75) is 19.8 Å². The van der Waals surface area contributed by atoms with E-state index in [4.69, 9.17) is 9.72 Å². The minimum atomic E-state index is -0.410. The fourth-order valence-electron chi connectivity index (χ4n) is 4.76. The Morgan fingerprint density at radius 1 is 1.00 bits per heavy atom. The van der Waals surface area contributed by atoms with Crippen LogP contribution < -0.4 is 10.1 Å². The van der Waals surface area contributed by atoms with Crippen molar-refractivity contribution in [2.24, 2.45) is 0 Å². The molecule has 43 heavy (non-hydrogen) atoms. The normalized spacial score (nSPS) is 11.5. The third-order valence-electron chi connectivity index (χ3n) is 6.85. The van der Waals surface area contributed by atoms with Gasteiger partial charge in [-0.25, -0.2) is 9.37 Å². The fourth-order valence-corrected chi connectivity index (χ4v) is 4.76. The molecule has 1 aromatic carbocycles. The molecule has 0 saturated heterocycles. The van der Waals surface area contributed by atoms with Gasteiger partial charge in [-0.05, 0) is 50.3 Å². The molecule has 6 rings (SSSR count). The molecule has 5 aromatic heterocycles. The van der Waals surface area contributed by atoms with Gasteiger partial charge < -0.3 is 19.9 Å². The first-order valence-corrected chi connectivity index (χ1v) is 13.9. The summed E-state index contributed by atoms with van der Waals surface area (Å²) in [5.41, 5.74) is 5.89. The number of hydrogen-bond acceptors (Lipinski definition) is 8. The number of nitrogens with one attached hydrogen (secondary N) is 3. The van der Waals surface area contributed by atoms with E-state index in [1.165, 1.54) is 12.1 Å². The van der Waals surface area contributed by atoms with E-state index in [9.17, 15) is 9.18 Å². The standard InChI is InChI=1S/C31H30FN9O2/c1-4-5-28(42)36-21-9-19(13-33-14-21)25-12-23-26(17-35-25)39-40-30(23)31-37-27-16-34-15-24(29(27)38-31)18-8-20(32)11-22(10-18)43-7-6-41(2)3/h8-17H,4-7H2,1-3H3,(H,36,42)(H,37,38)(H,39,40). The van der Waals surface area contributed by atoms with Crippen molar-refractivity contribution in [2.75, 3.05) is 32.6 Å². The number of pyridine rings is 3. The Bertz CT molecular complexity index is 1930. The molecule has 12 heteroatoms. The van der Waals surface area contributed by atoms with Crippen LogP contribution in [0.1, 0.15) is 19.8 Å². The number of aromatic amines is 2. The molecule has 5 heterocycles. The van der Waals surface area contributed by atoms with Crippen LogP contribution in [0.15, 0.2) is 61.3 Å². The predicted octanol–water partition coefficient (Wildman–Crippen LogP) is 5.44. The molecule has 0 unspecified atom stereocenters. The molecule has 0 aliphatic rings. The summed E-state index contributed by atoms with van der Waals surface area (Å²) in [5, 5.41) is 11.2. The van der Waals surface area contributed by atoms with Crippen molar-refractivity contribution >= 4 is 33.5 Å². The van der Waals surface area contributed by atoms with Gasteiger partial charge in [-0.2, -0.15) is 5.10 Å². The molecule has 0 aliphatic heterocycles. The van der Waals surface area contributed by atoms with Crippen LogP contribution in [0.2, 0.25) is 0 Å². The van der Waals surface area contributed by atoms with Crippen molar-refractivity contribution in [1.29, 1.82) is 0 Å². The maximum Gasteiger partial charge on any atom is 0.224 e. The predicted molar refractivity (Wildman–Crippen MR) is 163 cm³/mol. The second-order valence-electron chi connectivity index (χ2n) is 10.4. The van der Waals surface area contributed by atoms with E-state index in [1.807, 2.05) is 38.1 Å². The van der Waals surface area contributed by atoms with Crippen molar-refractivity contribution in [1.82, 2.24) is 40.0 Å². The highest BCUT2D eigenvalue weighted by atomic mass is 19.1. The van der Waals surface area contributed by atoms with Gasteiger partial charge in [0, 0.05) is 47.9 Å². The number of amides is 1. The quantitative estimate of drug-likeness (QED) is 0.195. The average Bonchev–Trinajstić information content (AvgIpc) is 3.60. The van der Waals surface area contributed by atoms with Crippen molar-refractivity contribution < 1.29 is 13.9 Å². The van der Waals surface area contributed by atoms with E-state index in [0.29, 0.717) is 70.4 Å². The summed E-state index contributed by atoms with van der Waals surface area (Å²) in [6.45, 7) is 3.09. The molecule has 0 atom stereocenters. The van der Waals surface area contributed by atoms with Crippen molar-refractivity contribution in [3.05, 3.63) is 67.1 Å². The second kappa shape index (κ2) is 11.9. The smallest absolute Gasteiger partial charge is 0.224 e. The first kappa shape index (κ1) is 27.9. The third kappa shape index (κ3) is 6.04. The third-order valence-corrected chi connectivity index (χ3v) is 6.85. The zero-order valence-electron chi connectivity index (χ0n) is 24.0. The summed E-state index contributed by atoms with van der Waals surface area (Å²) in [5.74, 6) is 0.482. The number of ether oxygens (including phenoxy) is 1. The number of aromatic nitrogens is 7. The highest BCUT2D eigenvalue weighted by Gasteiger charge is 2.18. The van der Waals surface area contributed by atoms with Crippen LogP contribution in [-0.2, 0) is 4.79 Å². The minimum Gasteiger partial charge on any atom is -0.492 e. The first-order valence-electron chi connectivity index (χ1n) is 13.9. The lowest BCUT2D eigenvalue weighted by Crippen LogP contribution is -2.19. The molecule has 218 valence electrons. The molecule has 11 nitrogen and oxygen atoms in total. The van der Waals surface area contributed by atoms with E-state index >= 15 is 0 Å². The van der Waals surface area contributed by atoms with Crippen LogP contribution in [0.4, 0.5) is 10.1 Å². The first-order chi connectivity index (χ1) is 20.9. The lowest BCUT2D eigenvalue weighted by atomic mass is 10.1. The molecule has 3 N–H and O–H groups in total. The lowest BCUT2D eigenvalue weighted by Gasteiger charge is -2.12. The summed E-state index contributed by atoms with van der Waals surface area (Å²) in [4.78, 5) is 35.5. The van der Waals surface area contributed by atoms with Gasteiger partial charge in [0.1, 0.15) is 23.9 Å². The van der Waals surface area contributed by atoms with Crippen molar-refractivity contribution in [3.63, 3.8) is 0 Å². The number of carbonyl (C=O) groups excluding carboxylic acids is 1. The average molecular weight is 580 g/mol. The number of nitrogens with zero attached hydrogens (tertiary/aromatic N) is 6. The zero-order valence-corrected chi connectivity index (χ0v) is 24.0. The molecule has 0 radical (unpaired) electrons. The number of rotatable bonds is 10. The van der Waals surface area contributed by atoms with Gasteiger partial charge in [0.25, 0.3) is 0 Å². The van der Waals surface area contributed by atoms with E-state index < -0.39 is 5.82 Å². The van der Waals surface area contributed by atoms with Crippen LogP contribution in [0.3, 0.4) is 0 Å². The number of likely N-dealkylation sites (N-methyl/N-ethyl adjacent to an activating group) is 1. The Morgan fingerprint density at radius 3 is 2.70 bits per heavy atom. The van der Waals surface area contributed by atoms with Gasteiger partial charge in [0.2, 0.25) is 5.91 Å². The lowest BCUT2D eigenvalue weighted by molar-refractivity contribution is -0.116. The summed E-state index contributed by atoms with van der Waals surface area (Å²) in [6.07, 6.45) is 9.53. The Kier molecular flexibility index (Phi) is 7.75. The van der Waals surface area contributed by atoms with Crippen LogP contribution in [0, 0.1) is 5.82 Å². The van der Waals surface area contributed by atoms with Crippen LogP contribution in [-0.4, -0.2) is 73.2 Å². The number of H-pyrrole nitrogens is 2. The molecule has 6 aromatic rings. The molecule has 0 spiro atoms. The Morgan fingerprint density at radius 2 is 1.86 bits per heavy atom. The van der Waals surface area contributed by atoms with E-state index in [-0.39, 0.29) is 5.91 Å². The van der Waals surface area contributed by atoms with Crippen LogP contribution in [0.25, 0.3) is 55.8 Å². The van der Waals surface area contributed by atoms with Crippen LogP contribution >= 0.6 is 0 Å². The van der Waals surface area contributed by atoms with E-state index in [1.54, 1.807) is 37.1 Å². The van der Waals surface area contributed by atoms with Gasteiger partial charge in [-0.15, -0.1) is 0 Å². The molecule has 0 fully saturated rings. The largest absolute Gasteiger partial charge is 0.492 e. The monoisotopic (exact) mass is 579 g/mol. The van der Waals surface area contributed by atoms with Gasteiger partial charge >= 0.3 is 0 Å². The van der Waals surface area contributed by atoms with E-state index in [2.05, 4.69) is 35.5 Å². The van der Waals surface area contributed by atoms with Crippen LogP contribution in [0.5, 0.6) is 5.75 Å². The number of carbonyl (C=O) groups is 1. The SMILES string of the molecule is CCCC(=O)Nc1cncc(-c2cc3c(-c4nc5c(-c6cc(F)cc(OCCN(C)C)c6)cncc5[nH]4)n[nH]c3cn2)c1. The Balaban J connectivity index is 1.35. The molecule has 0 bridgehead atoms. The number of halogens is 1. The van der Waals surface area contributed by atoms with E-state index in [0.717, 1.165) is 22.9 Å². The number of anilines is 1. The molecular weight excluding hydrogens is 549 g/mol. The van der Waals surface area contributed by atoms with Gasteiger partial charge in [-0.3, -0.25) is 24.8 Å². The molecular formula is C31H30FN9O2. The Hall–Kier alpha value is -5.23. The number of hydrogen-bond donors (Lipinski definition) is 3. The number of imidazole rings is 1. The summed E-state index contributed by atoms with van der Waals surface area (Å²) < 4.78 is 20.4. The zero-order chi connectivity index (χ0) is 29.9. The summed E-state index contributed by atoms with van der Waals surface area (Å²) in [6, 6.07) is 8.34. The topological polar surface area (TPSA) is 138 Å². The number of benzene rings is 1. The summed E-state index contributed by atoms with van der Waals surface area (Å²) in [7, 11) is 3.90. The maximum absolute atomic E-state index is 14.6. The molecule has 0 saturated carbocycles. The Labute approximate surface area is 246 Å². The summed E-state index contributed by atoms with van der Waals surface area (Å²) >= 11 is 0. The second-order valence-corrected chi connectivity index (χ2v) is 10.4. The van der Waals surface area contributed by atoms with Gasteiger partial charge in [-0.1, -0.05) is 6.92 Å². The fraction of sp³-hybridized carbons (Fsp3) is 0.226. The minimum absolute atomic E-state index is 0.0629. The highest BCUT2D eigenvalue weighted by molar-refractivity contribution is 5.97.